The summed E-state index contributed by atoms with van der Waals surface area (Å²) >= 11 is 0. The zero-order chi connectivity index (χ0) is 19.9. The van der Waals surface area contributed by atoms with Crippen LogP contribution in [-0.4, -0.2) is 41.3 Å². The van der Waals surface area contributed by atoms with Crippen molar-refractivity contribution in [2.45, 2.75) is 59.6 Å². The third kappa shape index (κ3) is 7.54. The lowest BCUT2D eigenvalue weighted by Crippen LogP contribution is -2.52. The minimum absolute atomic E-state index is 0.135. The van der Waals surface area contributed by atoms with Crippen molar-refractivity contribution in [3.63, 3.8) is 0 Å². The molecule has 0 aliphatic rings. The van der Waals surface area contributed by atoms with E-state index in [1.807, 2.05) is 13.8 Å². The smallest absolute Gasteiger partial charge is 0.408 e. The van der Waals surface area contributed by atoms with E-state index in [9.17, 15) is 14.4 Å². The molecule has 1 aromatic heterocycles. The van der Waals surface area contributed by atoms with Gasteiger partial charge in [0.15, 0.2) is 5.82 Å². The van der Waals surface area contributed by atoms with Crippen LogP contribution in [0, 0.1) is 12.8 Å². The molecule has 1 heterocycles. The third-order valence-corrected chi connectivity index (χ3v) is 3.49. The molecule has 2 unspecified atom stereocenters. The predicted octanol–water partition coefficient (Wildman–Crippen LogP) is 1.98. The Bertz CT molecular complexity index is 635. The van der Waals surface area contributed by atoms with Crippen LogP contribution in [0.2, 0.25) is 0 Å². The molecule has 9 heteroatoms. The average molecular weight is 368 g/mol. The molecule has 3 N–H and O–H groups in total. The van der Waals surface area contributed by atoms with E-state index in [4.69, 9.17) is 9.26 Å². The first-order valence-corrected chi connectivity index (χ1v) is 8.52. The number of alkyl carbamates (subject to hydrolysis) is 1. The minimum Gasteiger partial charge on any atom is -0.444 e. The SMILES string of the molecule is CCC(C)C(NC(=O)OC(C)(C)C)C(=O)NCC(=O)Nc1cc(C)on1. The molecule has 0 saturated heterocycles. The zero-order valence-corrected chi connectivity index (χ0v) is 16.1. The molecule has 26 heavy (non-hydrogen) atoms. The van der Waals surface area contributed by atoms with Gasteiger partial charge in [-0.15, -0.1) is 0 Å². The molecule has 0 aliphatic heterocycles. The highest BCUT2D eigenvalue weighted by Crippen LogP contribution is 2.11. The molecule has 146 valence electrons. The van der Waals surface area contributed by atoms with E-state index < -0.39 is 29.6 Å². The van der Waals surface area contributed by atoms with E-state index in [1.54, 1.807) is 33.8 Å². The summed E-state index contributed by atoms with van der Waals surface area (Å²) in [6, 6.07) is 0.753. The Hall–Kier alpha value is -2.58. The van der Waals surface area contributed by atoms with Gasteiger partial charge in [-0.1, -0.05) is 25.4 Å². The van der Waals surface area contributed by atoms with Crippen LogP contribution in [0.4, 0.5) is 10.6 Å². The van der Waals surface area contributed by atoms with Crippen LogP contribution in [0.15, 0.2) is 10.6 Å². The van der Waals surface area contributed by atoms with Gasteiger partial charge in [-0.2, -0.15) is 0 Å². The van der Waals surface area contributed by atoms with Crippen LogP contribution in [0.1, 0.15) is 46.8 Å². The molecule has 0 radical (unpaired) electrons. The Balaban J connectivity index is 2.59. The molecule has 1 aromatic rings. The number of aromatic nitrogens is 1. The van der Waals surface area contributed by atoms with Gasteiger partial charge in [0.1, 0.15) is 17.4 Å². The number of hydrogen-bond acceptors (Lipinski definition) is 6. The first kappa shape index (κ1) is 21.5. The molecule has 0 aliphatic carbocycles. The molecule has 0 spiro atoms. The normalized spacial score (nSPS) is 13.5. The van der Waals surface area contributed by atoms with Crippen molar-refractivity contribution in [3.8, 4) is 0 Å². The van der Waals surface area contributed by atoms with Crippen LogP contribution < -0.4 is 16.0 Å². The van der Waals surface area contributed by atoms with Gasteiger partial charge in [0.05, 0.1) is 6.54 Å². The molecule has 3 amide bonds. The van der Waals surface area contributed by atoms with Crippen molar-refractivity contribution in [2.24, 2.45) is 5.92 Å². The zero-order valence-electron chi connectivity index (χ0n) is 16.1. The molecule has 9 nitrogen and oxygen atoms in total. The Morgan fingerprint density at radius 1 is 1.31 bits per heavy atom. The lowest BCUT2D eigenvalue weighted by Gasteiger charge is -2.26. The average Bonchev–Trinajstić information content (AvgIpc) is 2.92. The largest absolute Gasteiger partial charge is 0.444 e. The Morgan fingerprint density at radius 2 is 1.96 bits per heavy atom. The summed E-state index contributed by atoms with van der Waals surface area (Å²) in [7, 11) is 0. The molecule has 0 fully saturated rings. The maximum Gasteiger partial charge on any atom is 0.408 e. The summed E-state index contributed by atoms with van der Waals surface area (Å²) in [4.78, 5) is 36.3. The molecule has 2 atom stereocenters. The number of carbonyl (C=O) groups is 3. The van der Waals surface area contributed by atoms with Gasteiger partial charge in [-0.05, 0) is 33.6 Å². The maximum absolute atomic E-state index is 12.4. The van der Waals surface area contributed by atoms with Crippen molar-refractivity contribution in [1.82, 2.24) is 15.8 Å². The second-order valence-electron chi connectivity index (χ2n) is 7.10. The number of carbonyl (C=O) groups excluding carboxylic acids is 3. The predicted molar refractivity (Wildman–Crippen MR) is 95.5 cm³/mol. The molecular weight excluding hydrogens is 340 g/mol. The first-order valence-electron chi connectivity index (χ1n) is 8.52. The number of hydrogen-bond donors (Lipinski definition) is 3. The molecule has 0 aromatic carbocycles. The highest BCUT2D eigenvalue weighted by molar-refractivity contribution is 5.95. The van der Waals surface area contributed by atoms with Gasteiger partial charge < -0.3 is 25.2 Å². The first-order chi connectivity index (χ1) is 12.0. The lowest BCUT2D eigenvalue weighted by molar-refractivity contribution is -0.126. The van der Waals surface area contributed by atoms with Crippen LogP contribution in [0.3, 0.4) is 0 Å². The Kier molecular flexibility index (Phi) is 7.60. The molecule has 1 rings (SSSR count). The highest BCUT2D eigenvalue weighted by Gasteiger charge is 2.28. The monoisotopic (exact) mass is 368 g/mol. The van der Waals surface area contributed by atoms with Gasteiger partial charge in [0.2, 0.25) is 11.8 Å². The number of anilines is 1. The summed E-state index contributed by atoms with van der Waals surface area (Å²) in [6.07, 6.45) is -0.0151. The van der Waals surface area contributed by atoms with Gasteiger partial charge in [0, 0.05) is 6.07 Å². The summed E-state index contributed by atoms with van der Waals surface area (Å²) in [5.41, 5.74) is -0.670. The van der Waals surface area contributed by atoms with E-state index >= 15 is 0 Å². The Labute approximate surface area is 153 Å². The molecule has 0 saturated carbocycles. The van der Waals surface area contributed by atoms with Crippen LogP contribution in [0.5, 0.6) is 0 Å². The number of rotatable bonds is 7. The number of ether oxygens (including phenoxy) is 1. The third-order valence-electron chi connectivity index (χ3n) is 3.49. The Morgan fingerprint density at radius 3 is 2.46 bits per heavy atom. The van der Waals surface area contributed by atoms with Gasteiger partial charge in [0.25, 0.3) is 0 Å². The van der Waals surface area contributed by atoms with Crippen LogP contribution >= 0.6 is 0 Å². The van der Waals surface area contributed by atoms with Crippen molar-refractivity contribution in [1.29, 1.82) is 0 Å². The van der Waals surface area contributed by atoms with E-state index in [-0.39, 0.29) is 18.3 Å². The van der Waals surface area contributed by atoms with E-state index in [2.05, 4.69) is 21.1 Å². The fourth-order valence-corrected chi connectivity index (χ4v) is 2.03. The quantitative estimate of drug-likeness (QED) is 0.676. The summed E-state index contributed by atoms with van der Waals surface area (Å²) in [5, 5.41) is 11.2. The van der Waals surface area contributed by atoms with Crippen molar-refractivity contribution >= 4 is 23.7 Å². The topological polar surface area (TPSA) is 123 Å². The van der Waals surface area contributed by atoms with Crippen molar-refractivity contribution < 1.29 is 23.6 Å². The van der Waals surface area contributed by atoms with Crippen molar-refractivity contribution in [3.05, 3.63) is 11.8 Å². The van der Waals surface area contributed by atoms with Gasteiger partial charge in [-0.3, -0.25) is 9.59 Å². The summed E-state index contributed by atoms with van der Waals surface area (Å²) in [5.74, 6) is -0.220. The number of nitrogens with zero attached hydrogens (tertiary/aromatic N) is 1. The van der Waals surface area contributed by atoms with E-state index in [0.29, 0.717) is 12.2 Å². The minimum atomic E-state index is -0.808. The van der Waals surface area contributed by atoms with E-state index in [0.717, 1.165) is 0 Å². The summed E-state index contributed by atoms with van der Waals surface area (Å²) in [6.45, 7) is 10.4. The van der Waals surface area contributed by atoms with Gasteiger partial charge >= 0.3 is 6.09 Å². The molecule has 0 bridgehead atoms. The number of nitrogens with one attached hydrogen (secondary N) is 3. The highest BCUT2D eigenvalue weighted by atomic mass is 16.6. The second kappa shape index (κ2) is 9.21. The van der Waals surface area contributed by atoms with Crippen LogP contribution in [-0.2, 0) is 14.3 Å². The van der Waals surface area contributed by atoms with Gasteiger partial charge in [-0.25, -0.2) is 4.79 Å². The lowest BCUT2D eigenvalue weighted by atomic mass is 9.98. The van der Waals surface area contributed by atoms with Crippen LogP contribution in [0.25, 0.3) is 0 Å². The fourth-order valence-electron chi connectivity index (χ4n) is 2.03. The summed E-state index contributed by atoms with van der Waals surface area (Å²) < 4.78 is 10.0. The number of aryl methyl sites for hydroxylation is 1. The maximum atomic E-state index is 12.4. The fraction of sp³-hybridized carbons (Fsp3) is 0.647. The van der Waals surface area contributed by atoms with Crippen molar-refractivity contribution in [2.75, 3.05) is 11.9 Å². The van der Waals surface area contributed by atoms with E-state index in [1.165, 1.54) is 0 Å². The molecular formula is C17H28N4O5. The number of amides is 3. The second-order valence-corrected chi connectivity index (χ2v) is 7.10. The standard InChI is InChI=1S/C17H28N4O5/c1-7-10(2)14(20-16(24)25-17(4,5)6)15(23)18-9-13(22)19-12-8-11(3)26-21-12/h8,10,14H,7,9H2,1-6H3,(H,18,23)(H,20,24)(H,19,21,22).